The number of benzene rings is 2. The summed E-state index contributed by atoms with van der Waals surface area (Å²) in [5.74, 6) is -1.83. The summed E-state index contributed by atoms with van der Waals surface area (Å²) in [6, 6.07) is 11.4. The molecule has 7 nitrogen and oxygen atoms in total. The molecular formula is C24H20FN3O4S. The van der Waals surface area contributed by atoms with E-state index in [9.17, 15) is 18.8 Å². The number of fused-ring (bicyclic) bond motifs is 1. The quantitative estimate of drug-likeness (QED) is 0.427. The Morgan fingerprint density at radius 1 is 1.18 bits per heavy atom. The predicted molar refractivity (Wildman–Crippen MR) is 125 cm³/mol. The average Bonchev–Trinajstić information content (AvgIpc) is 3.25. The lowest BCUT2D eigenvalue weighted by Crippen LogP contribution is -2.23. The Morgan fingerprint density at radius 3 is 2.67 bits per heavy atom. The van der Waals surface area contributed by atoms with Crippen LogP contribution in [-0.2, 0) is 16.1 Å². The van der Waals surface area contributed by atoms with E-state index in [1.54, 1.807) is 0 Å². The standard InChI is InChI=1S/C24H20FN3O4S/c1-14-3-5-15(6-4-14)17-12-33-22-21(17)23(30)28(13-26-22)10-9-20(29)27-19-11-16(24(31)32-2)7-8-18(19)25/h3-8,11-13H,9-10H2,1-2H3,(H,27,29). The third kappa shape index (κ3) is 4.68. The molecule has 168 valence electrons. The van der Waals surface area contributed by atoms with Crippen molar-refractivity contribution in [3.05, 3.63) is 81.5 Å². The Balaban J connectivity index is 1.53. The topological polar surface area (TPSA) is 90.3 Å². The number of rotatable bonds is 6. The molecular weight excluding hydrogens is 445 g/mol. The summed E-state index contributed by atoms with van der Waals surface area (Å²) in [7, 11) is 1.21. The molecule has 0 aliphatic rings. The summed E-state index contributed by atoms with van der Waals surface area (Å²) in [4.78, 5) is 42.1. The molecule has 4 rings (SSSR count). The van der Waals surface area contributed by atoms with Crippen LogP contribution in [0.4, 0.5) is 10.1 Å². The van der Waals surface area contributed by atoms with Crippen molar-refractivity contribution in [2.24, 2.45) is 0 Å². The summed E-state index contributed by atoms with van der Waals surface area (Å²) < 4.78 is 20.0. The summed E-state index contributed by atoms with van der Waals surface area (Å²) in [6.45, 7) is 2.06. The van der Waals surface area contributed by atoms with E-state index in [-0.39, 0.29) is 29.8 Å². The number of thiophene rings is 1. The average molecular weight is 466 g/mol. The van der Waals surface area contributed by atoms with E-state index in [1.807, 2.05) is 36.6 Å². The third-order valence-electron chi connectivity index (χ3n) is 5.16. The molecule has 0 aliphatic heterocycles. The second-order valence-corrected chi connectivity index (χ2v) is 8.28. The molecule has 0 bridgehead atoms. The molecule has 0 aliphatic carbocycles. The van der Waals surface area contributed by atoms with E-state index in [4.69, 9.17) is 0 Å². The van der Waals surface area contributed by atoms with Gasteiger partial charge in [-0.2, -0.15) is 0 Å². The Bertz CT molecular complexity index is 1410. The van der Waals surface area contributed by atoms with E-state index in [1.165, 1.54) is 41.5 Å². The first-order valence-electron chi connectivity index (χ1n) is 10.1. The summed E-state index contributed by atoms with van der Waals surface area (Å²) >= 11 is 1.39. The first kappa shape index (κ1) is 22.3. The van der Waals surface area contributed by atoms with Crippen LogP contribution in [0.5, 0.6) is 0 Å². The van der Waals surface area contributed by atoms with Crippen LogP contribution in [0.25, 0.3) is 21.3 Å². The maximum absolute atomic E-state index is 14.1. The molecule has 0 saturated heterocycles. The Labute approximate surface area is 192 Å². The van der Waals surface area contributed by atoms with Crippen LogP contribution in [0.1, 0.15) is 22.3 Å². The molecule has 2 aromatic carbocycles. The number of carbonyl (C=O) groups excluding carboxylic acids is 2. The van der Waals surface area contributed by atoms with E-state index in [0.29, 0.717) is 10.2 Å². The van der Waals surface area contributed by atoms with Crippen LogP contribution >= 0.6 is 11.3 Å². The first-order valence-corrected chi connectivity index (χ1v) is 11.0. The molecule has 33 heavy (non-hydrogen) atoms. The molecule has 2 aromatic heterocycles. The number of esters is 1. The van der Waals surface area contributed by atoms with Crippen molar-refractivity contribution in [2.45, 2.75) is 19.9 Å². The van der Waals surface area contributed by atoms with Gasteiger partial charge in [0.25, 0.3) is 5.56 Å². The predicted octanol–water partition coefficient (Wildman–Crippen LogP) is 4.39. The molecule has 0 radical (unpaired) electrons. The van der Waals surface area contributed by atoms with Gasteiger partial charge in [-0.1, -0.05) is 29.8 Å². The van der Waals surface area contributed by atoms with Gasteiger partial charge in [0.1, 0.15) is 10.6 Å². The van der Waals surface area contributed by atoms with Crippen molar-refractivity contribution in [3.63, 3.8) is 0 Å². The number of aryl methyl sites for hydroxylation is 2. The molecule has 0 spiro atoms. The SMILES string of the molecule is COC(=O)c1ccc(F)c(NC(=O)CCn2cnc3scc(-c4ccc(C)cc4)c3c2=O)c1. The molecule has 9 heteroatoms. The van der Waals surface area contributed by atoms with Crippen molar-refractivity contribution in [1.29, 1.82) is 0 Å². The number of carbonyl (C=O) groups is 2. The number of nitrogens with zero attached hydrogens (tertiary/aromatic N) is 2. The minimum absolute atomic E-state index is 0.0646. The van der Waals surface area contributed by atoms with Gasteiger partial charge in [0, 0.05) is 23.9 Å². The van der Waals surface area contributed by atoms with E-state index < -0.39 is 17.7 Å². The minimum Gasteiger partial charge on any atom is -0.465 e. The van der Waals surface area contributed by atoms with Crippen LogP contribution in [0.2, 0.25) is 0 Å². The van der Waals surface area contributed by atoms with Gasteiger partial charge in [-0.15, -0.1) is 11.3 Å². The van der Waals surface area contributed by atoms with Crippen molar-refractivity contribution in [1.82, 2.24) is 9.55 Å². The zero-order valence-electron chi connectivity index (χ0n) is 17.9. The molecule has 0 fully saturated rings. The highest BCUT2D eigenvalue weighted by Gasteiger charge is 2.15. The number of amides is 1. The highest BCUT2D eigenvalue weighted by molar-refractivity contribution is 7.17. The Hall–Kier alpha value is -3.85. The molecule has 0 saturated carbocycles. The monoisotopic (exact) mass is 465 g/mol. The number of aromatic nitrogens is 2. The largest absolute Gasteiger partial charge is 0.465 e. The van der Waals surface area contributed by atoms with E-state index in [0.717, 1.165) is 22.8 Å². The maximum atomic E-state index is 14.1. The Morgan fingerprint density at radius 2 is 1.94 bits per heavy atom. The van der Waals surface area contributed by atoms with Gasteiger partial charge in [-0.25, -0.2) is 14.2 Å². The van der Waals surface area contributed by atoms with Crippen LogP contribution in [0.3, 0.4) is 0 Å². The van der Waals surface area contributed by atoms with Gasteiger partial charge >= 0.3 is 5.97 Å². The van der Waals surface area contributed by atoms with Gasteiger partial charge in [-0.3, -0.25) is 14.2 Å². The lowest BCUT2D eigenvalue weighted by Gasteiger charge is -2.09. The van der Waals surface area contributed by atoms with Crippen molar-refractivity contribution < 1.29 is 18.7 Å². The Kier molecular flexibility index (Phi) is 6.32. The lowest BCUT2D eigenvalue weighted by molar-refractivity contribution is -0.116. The van der Waals surface area contributed by atoms with Crippen molar-refractivity contribution in [2.75, 3.05) is 12.4 Å². The molecule has 0 atom stereocenters. The molecule has 0 unspecified atom stereocenters. The van der Waals surface area contributed by atoms with Crippen molar-refractivity contribution >= 4 is 39.1 Å². The first-order chi connectivity index (χ1) is 15.9. The maximum Gasteiger partial charge on any atom is 0.337 e. The summed E-state index contributed by atoms with van der Waals surface area (Å²) in [5, 5.41) is 4.84. The number of ether oxygens (including phenoxy) is 1. The number of anilines is 1. The van der Waals surface area contributed by atoms with Gasteiger partial charge < -0.3 is 10.1 Å². The second kappa shape index (κ2) is 9.33. The summed E-state index contributed by atoms with van der Waals surface area (Å²) in [6.07, 6.45) is 1.32. The number of methoxy groups -OCH3 is 1. The number of hydrogen-bond acceptors (Lipinski definition) is 6. The number of halogens is 1. The highest BCUT2D eigenvalue weighted by Crippen LogP contribution is 2.30. The molecule has 2 heterocycles. The van der Waals surface area contributed by atoms with Crippen LogP contribution in [0.15, 0.2) is 59.0 Å². The van der Waals surface area contributed by atoms with Gasteiger partial charge in [-0.05, 0) is 30.7 Å². The van der Waals surface area contributed by atoms with Crippen LogP contribution < -0.4 is 10.9 Å². The van der Waals surface area contributed by atoms with Crippen LogP contribution in [0, 0.1) is 12.7 Å². The zero-order valence-corrected chi connectivity index (χ0v) is 18.7. The normalized spacial score (nSPS) is 10.9. The minimum atomic E-state index is -0.683. The molecule has 1 amide bonds. The number of nitrogens with one attached hydrogen (secondary N) is 1. The van der Waals surface area contributed by atoms with Crippen LogP contribution in [-0.4, -0.2) is 28.5 Å². The smallest absolute Gasteiger partial charge is 0.337 e. The highest BCUT2D eigenvalue weighted by atomic mass is 32.1. The lowest BCUT2D eigenvalue weighted by atomic mass is 10.1. The van der Waals surface area contributed by atoms with Gasteiger partial charge in [0.05, 0.1) is 30.1 Å². The van der Waals surface area contributed by atoms with Gasteiger partial charge in [0.15, 0.2) is 0 Å². The fourth-order valence-corrected chi connectivity index (χ4v) is 4.28. The van der Waals surface area contributed by atoms with Gasteiger partial charge in [0.2, 0.25) is 5.91 Å². The van der Waals surface area contributed by atoms with E-state index >= 15 is 0 Å². The van der Waals surface area contributed by atoms with E-state index in [2.05, 4.69) is 15.0 Å². The fraction of sp³-hybridized carbons (Fsp3) is 0.167. The second-order valence-electron chi connectivity index (χ2n) is 7.42. The molecule has 1 N–H and O–H groups in total. The third-order valence-corrected chi connectivity index (χ3v) is 6.05. The number of hydrogen-bond donors (Lipinski definition) is 1. The zero-order chi connectivity index (χ0) is 23.5. The van der Waals surface area contributed by atoms with Crippen molar-refractivity contribution in [3.8, 4) is 11.1 Å². The summed E-state index contributed by atoms with van der Waals surface area (Å²) in [5.41, 5.74) is 2.57. The molecule has 4 aromatic rings. The fourth-order valence-electron chi connectivity index (χ4n) is 3.37.